The molecule has 1 aliphatic rings. The van der Waals surface area contributed by atoms with Crippen molar-refractivity contribution in [1.29, 1.82) is 0 Å². The van der Waals surface area contributed by atoms with Crippen molar-refractivity contribution < 1.29 is 13.9 Å². The largest absolute Gasteiger partial charge is 0.396 e. The summed E-state index contributed by atoms with van der Waals surface area (Å²) >= 11 is 0. The maximum absolute atomic E-state index is 15.0. The third-order valence-corrected chi connectivity index (χ3v) is 6.99. The number of rotatable bonds is 8. The van der Waals surface area contributed by atoms with E-state index >= 15 is 0 Å². The molecule has 4 aromatic rings. The van der Waals surface area contributed by atoms with E-state index in [9.17, 15) is 8.78 Å². The second-order valence-electron chi connectivity index (χ2n) is 10.2. The number of fused-ring (bicyclic) bond motifs is 1. The van der Waals surface area contributed by atoms with Gasteiger partial charge in [-0.05, 0) is 69.9 Å². The monoisotopic (exact) mass is 533 g/mol. The molecule has 0 bridgehead atoms. The zero-order chi connectivity index (χ0) is 27.5. The minimum Gasteiger partial charge on any atom is -0.396 e. The summed E-state index contributed by atoms with van der Waals surface area (Å²) in [5, 5.41) is 12.0. The molecule has 39 heavy (non-hydrogen) atoms. The highest BCUT2D eigenvalue weighted by Crippen LogP contribution is 2.30. The summed E-state index contributed by atoms with van der Waals surface area (Å²) in [4.78, 5) is 19.6. The predicted octanol–water partition coefficient (Wildman–Crippen LogP) is 5.66. The smallest absolute Gasteiger partial charge is 0.229 e. The van der Waals surface area contributed by atoms with Gasteiger partial charge in [0.2, 0.25) is 5.95 Å². The molecule has 3 aromatic heterocycles. The van der Waals surface area contributed by atoms with E-state index in [0.29, 0.717) is 22.7 Å². The van der Waals surface area contributed by atoms with Crippen LogP contribution in [-0.2, 0) is 0 Å². The van der Waals surface area contributed by atoms with E-state index in [0.717, 1.165) is 50.7 Å². The standard InChI is InChI=1S/C29H33F2N7O/c1-18(2)38-19(3)34-28-23(30)14-22(15-25(28)38)27-24(31)17-33-29(36-27)35-26-6-5-21(16-32-26)13-20-7-10-37(11-8-20)9-4-12-39/h5-6,13-18,39H,4,7-12H2,1-3H3,(H,32,33,35,36). The van der Waals surface area contributed by atoms with Gasteiger partial charge in [-0.2, -0.15) is 0 Å². The van der Waals surface area contributed by atoms with Gasteiger partial charge in [-0.1, -0.05) is 11.6 Å². The van der Waals surface area contributed by atoms with Crippen LogP contribution in [0, 0.1) is 18.6 Å². The number of hydrogen-bond donors (Lipinski definition) is 2. The van der Waals surface area contributed by atoms with E-state index in [2.05, 4.69) is 36.2 Å². The number of pyridine rings is 1. The third kappa shape index (κ3) is 5.97. The van der Waals surface area contributed by atoms with Gasteiger partial charge in [-0.3, -0.25) is 0 Å². The van der Waals surface area contributed by atoms with Crippen molar-refractivity contribution in [2.45, 2.75) is 46.1 Å². The van der Waals surface area contributed by atoms with E-state index in [1.807, 2.05) is 37.5 Å². The molecule has 1 saturated heterocycles. The van der Waals surface area contributed by atoms with Gasteiger partial charge in [0.1, 0.15) is 22.9 Å². The summed E-state index contributed by atoms with van der Waals surface area (Å²) in [6.07, 6.45) is 7.83. The molecule has 0 amide bonds. The molecular formula is C29H33F2N7O. The van der Waals surface area contributed by atoms with Crippen LogP contribution in [0.1, 0.15) is 50.5 Å². The highest BCUT2D eigenvalue weighted by atomic mass is 19.1. The van der Waals surface area contributed by atoms with Crippen molar-refractivity contribution in [2.75, 3.05) is 31.6 Å². The second kappa shape index (κ2) is 11.5. The number of aliphatic hydroxyl groups excluding tert-OH is 1. The van der Waals surface area contributed by atoms with Crippen LogP contribution in [0.4, 0.5) is 20.5 Å². The van der Waals surface area contributed by atoms with Crippen LogP contribution in [0.2, 0.25) is 0 Å². The zero-order valence-electron chi connectivity index (χ0n) is 22.5. The quantitative estimate of drug-likeness (QED) is 0.302. The normalized spacial score (nSPS) is 14.4. The van der Waals surface area contributed by atoms with Crippen molar-refractivity contribution in [3.63, 3.8) is 0 Å². The first-order valence-electron chi connectivity index (χ1n) is 13.3. The van der Waals surface area contributed by atoms with Gasteiger partial charge in [0, 0.05) is 44.0 Å². The average molecular weight is 534 g/mol. The topological polar surface area (TPSA) is 92.0 Å². The van der Waals surface area contributed by atoms with Gasteiger partial charge >= 0.3 is 0 Å². The molecule has 1 aliphatic heterocycles. The Balaban J connectivity index is 1.33. The van der Waals surface area contributed by atoms with E-state index in [1.54, 1.807) is 12.3 Å². The van der Waals surface area contributed by atoms with Gasteiger partial charge in [0.05, 0.1) is 11.7 Å². The molecule has 0 atom stereocenters. The Bertz CT molecular complexity index is 1490. The number of piperidine rings is 1. The van der Waals surface area contributed by atoms with Crippen LogP contribution >= 0.6 is 0 Å². The first-order valence-corrected chi connectivity index (χ1v) is 13.3. The number of likely N-dealkylation sites (tertiary alicyclic amines) is 1. The molecular weight excluding hydrogens is 500 g/mol. The number of hydrogen-bond acceptors (Lipinski definition) is 7. The first-order chi connectivity index (χ1) is 18.8. The Morgan fingerprint density at radius 3 is 2.54 bits per heavy atom. The van der Waals surface area contributed by atoms with Crippen molar-refractivity contribution in [2.24, 2.45) is 0 Å². The molecule has 0 aliphatic carbocycles. The lowest BCUT2D eigenvalue weighted by molar-refractivity contribution is 0.215. The Morgan fingerprint density at radius 2 is 1.85 bits per heavy atom. The lowest BCUT2D eigenvalue weighted by Crippen LogP contribution is -2.31. The molecule has 1 aromatic carbocycles. The van der Waals surface area contributed by atoms with Gasteiger partial charge < -0.3 is 19.9 Å². The second-order valence-corrected chi connectivity index (χ2v) is 10.2. The number of halogens is 2. The molecule has 204 valence electrons. The maximum atomic E-state index is 15.0. The Hall–Kier alpha value is -3.76. The fourth-order valence-corrected chi connectivity index (χ4v) is 5.10. The lowest BCUT2D eigenvalue weighted by Gasteiger charge is -2.28. The number of benzene rings is 1. The number of aromatic nitrogens is 5. The van der Waals surface area contributed by atoms with Gasteiger partial charge in [-0.15, -0.1) is 0 Å². The van der Waals surface area contributed by atoms with Crippen LogP contribution in [0.15, 0.2) is 42.2 Å². The van der Waals surface area contributed by atoms with Crippen molar-refractivity contribution in [1.82, 2.24) is 29.4 Å². The molecule has 1 fully saturated rings. The highest BCUT2D eigenvalue weighted by molar-refractivity contribution is 5.83. The van der Waals surface area contributed by atoms with E-state index in [-0.39, 0.29) is 29.8 Å². The van der Waals surface area contributed by atoms with Crippen molar-refractivity contribution >= 4 is 28.9 Å². The summed E-state index contributed by atoms with van der Waals surface area (Å²) < 4.78 is 31.7. The SMILES string of the molecule is Cc1nc2c(F)cc(-c3nc(Nc4ccc(C=C5CCN(CCCO)CC5)cn4)ncc3F)cc2n1C(C)C. The average Bonchev–Trinajstić information content (AvgIpc) is 3.27. The van der Waals surface area contributed by atoms with Gasteiger partial charge in [0.25, 0.3) is 0 Å². The van der Waals surface area contributed by atoms with Crippen LogP contribution in [0.5, 0.6) is 0 Å². The molecule has 2 N–H and O–H groups in total. The van der Waals surface area contributed by atoms with Crippen LogP contribution in [0.3, 0.4) is 0 Å². The van der Waals surface area contributed by atoms with Crippen LogP contribution in [-0.4, -0.2) is 60.8 Å². The minimum atomic E-state index is -0.649. The summed E-state index contributed by atoms with van der Waals surface area (Å²) in [5.41, 5.74) is 3.52. The number of anilines is 2. The van der Waals surface area contributed by atoms with E-state index in [4.69, 9.17) is 5.11 Å². The summed E-state index contributed by atoms with van der Waals surface area (Å²) in [6, 6.07) is 6.82. The zero-order valence-corrected chi connectivity index (χ0v) is 22.5. The molecule has 4 heterocycles. The fourth-order valence-electron chi connectivity index (χ4n) is 5.10. The molecule has 5 rings (SSSR count). The predicted molar refractivity (Wildman–Crippen MR) is 149 cm³/mol. The molecule has 8 nitrogen and oxygen atoms in total. The number of aryl methyl sites for hydroxylation is 1. The Morgan fingerprint density at radius 1 is 1.05 bits per heavy atom. The van der Waals surface area contributed by atoms with Crippen molar-refractivity contribution in [3.05, 3.63) is 65.3 Å². The molecule has 0 saturated carbocycles. The number of imidazole rings is 1. The summed E-state index contributed by atoms with van der Waals surface area (Å²) in [7, 11) is 0. The molecule has 0 radical (unpaired) electrons. The van der Waals surface area contributed by atoms with Crippen LogP contribution in [0.25, 0.3) is 28.4 Å². The van der Waals surface area contributed by atoms with Crippen molar-refractivity contribution in [3.8, 4) is 11.3 Å². The fraction of sp³-hybridized carbons (Fsp3) is 0.379. The number of aliphatic hydroxyl groups is 1. The van der Waals surface area contributed by atoms with Gasteiger partial charge in [0.15, 0.2) is 11.6 Å². The lowest BCUT2D eigenvalue weighted by atomic mass is 10.0. The minimum absolute atomic E-state index is 0.00542. The summed E-state index contributed by atoms with van der Waals surface area (Å²) in [5.74, 6) is 0.192. The maximum Gasteiger partial charge on any atom is 0.229 e. The Kier molecular flexibility index (Phi) is 7.94. The molecule has 0 unspecified atom stereocenters. The summed E-state index contributed by atoms with van der Waals surface area (Å²) in [6.45, 7) is 8.97. The Labute approximate surface area is 226 Å². The first kappa shape index (κ1) is 26.8. The number of nitrogens with zero attached hydrogens (tertiary/aromatic N) is 6. The van der Waals surface area contributed by atoms with Gasteiger partial charge in [-0.25, -0.2) is 28.7 Å². The highest BCUT2D eigenvalue weighted by Gasteiger charge is 2.19. The van der Waals surface area contributed by atoms with Crippen LogP contribution < -0.4 is 5.32 Å². The number of nitrogens with one attached hydrogen (secondary N) is 1. The third-order valence-electron chi connectivity index (χ3n) is 6.99. The molecule has 0 spiro atoms. The van der Waals surface area contributed by atoms with E-state index in [1.165, 1.54) is 11.6 Å². The molecule has 10 heteroatoms. The van der Waals surface area contributed by atoms with E-state index < -0.39 is 11.6 Å².